The van der Waals surface area contributed by atoms with E-state index in [0.717, 1.165) is 0 Å². The molecule has 0 saturated heterocycles. The molecule has 0 aliphatic heterocycles. The molecule has 0 bridgehead atoms. The molecule has 2 atom stereocenters. The number of hydrogen-bond donors (Lipinski definition) is 2. The van der Waals surface area contributed by atoms with Gasteiger partial charge in [0.05, 0.1) is 13.2 Å². The number of hydrogen-bond acceptors (Lipinski definition) is 3. The van der Waals surface area contributed by atoms with Gasteiger partial charge in [-0.25, -0.2) is 0 Å². The topological polar surface area (TPSA) is 49.7 Å². The number of aliphatic hydroxyl groups is 2. The van der Waals surface area contributed by atoms with Crippen LogP contribution in [0.3, 0.4) is 0 Å². The Morgan fingerprint density at radius 2 is 2.07 bits per heavy atom. The van der Waals surface area contributed by atoms with E-state index in [4.69, 9.17) is 4.74 Å². The first-order valence-corrected chi connectivity index (χ1v) is 5.34. The Balaban J connectivity index is 2.61. The third kappa shape index (κ3) is 1.69. The molecule has 0 radical (unpaired) electrons. The van der Waals surface area contributed by atoms with Crippen LogP contribution in [0.4, 0.5) is 0 Å². The minimum absolute atomic E-state index is 0.562. The van der Waals surface area contributed by atoms with Crippen LogP contribution in [0.15, 0.2) is 28.8 Å². The maximum absolute atomic E-state index is 9.95. The van der Waals surface area contributed by atoms with Crippen molar-refractivity contribution in [3.63, 3.8) is 0 Å². The monoisotopic (exact) mass is 270 g/mol. The molecular formula is C11H11BrO3. The Hall–Kier alpha value is -0.840. The molecule has 2 unspecified atom stereocenters. The van der Waals surface area contributed by atoms with Crippen LogP contribution >= 0.6 is 15.9 Å². The molecule has 2 rings (SSSR count). The summed E-state index contributed by atoms with van der Waals surface area (Å²) >= 11 is 3.22. The van der Waals surface area contributed by atoms with Crippen LogP contribution in [0.1, 0.15) is 23.3 Å². The predicted octanol–water partition coefficient (Wildman–Crippen LogP) is 2.05. The number of benzene rings is 1. The van der Waals surface area contributed by atoms with Crippen LogP contribution in [0.5, 0.6) is 5.75 Å². The second-order valence-corrected chi connectivity index (χ2v) is 4.28. The number of fused-ring (bicyclic) bond motifs is 1. The second kappa shape index (κ2) is 3.96. The average Bonchev–Trinajstić information content (AvgIpc) is 2.25. The molecule has 0 amide bonds. The summed E-state index contributed by atoms with van der Waals surface area (Å²) in [6, 6.07) is 5.34. The van der Waals surface area contributed by atoms with E-state index < -0.39 is 12.2 Å². The molecule has 0 heterocycles. The summed E-state index contributed by atoms with van der Waals surface area (Å²) in [6.07, 6.45) is 0.110. The first kappa shape index (κ1) is 10.7. The standard InChI is InChI=1S/C11H11BrO3/c1-15-9-4-2-3-6-8(13)5-7(12)11(14)10(6)9/h2-5,8,11,13-14H,1H3. The molecule has 80 valence electrons. The Kier molecular flexibility index (Phi) is 2.82. The molecule has 15 heavy (non-hydrogen) atoms. The van der Waals surface area contributed by atoms with Crippen molar-refractivity contribution in [1.29, 1.82) is 0 Å². The quantitative estimate of drug-likeness (QED) is 0.822. The highest BCUT2D eigenvalue weighted by molar-refractivity contribution is 9.11. The Morgan fingerprint density at radius 3 is 2.73 bits per heavy atom. The molecule has 0 saturated carbocycles. The van der Waals surface area contributed by atoms with Crippen molar-refractivity contribution in [1.82, 2.24) is 0 Å². The van der Waals surface area contributed by atoms with Gasteiger partial charge in [-0.2, -0.15) is 0 Å². The van der Waals surface area contributed by atoms with Crippen molar-refractivity contribution >= 4 is 15.9 Å². The van der Waals surface area contributed by atoms with Gasteiger partial charge in [0, 0.05) is 10.0 Å². The molecule has 0 spiro atoms. The van der Waals surface area contributed by atoms with Crippen molar-refractivity contribution in [2.24, 2.45) is 0 Å². The first-order chi connectivity index (χ1) is 7.15. The highest BCUT2D eigenvalue weighted by atomic mass is 79.9. The van der Waals surface area contributed by atoms with Crippen LogP contribution < -0.4 is 4.74 Å². The minimum Gasteiger partial charge on any atom is -0.496 e. The summed E-state index contributed by atoms with van der Waals surface area (Å²) in [5, 5.41) is 19.7. The lowest BCUT2D eigenvalue weighted by molar-refractivity contribution is 0.182. The summed E-state index contributed by atoms with van der Waals surface area (Å²) < 4.78 is 5.72. The number of methoxy groups -OCH3 is 1. The van der Waals surface area contributed by atoms with Crippen LogP contribution in [-0.4, -0.2) is 17.3 Å². The molecule has 3 nitrogen and oxygen atoms in total. The van der Waals surface area contributed by atoms with E-state index in [1.807, 2.05) is 0 Å². The van der Waals surface area contributed by atoms with Gasteiger partial charge in [0.25, 0.3) is 0 Å². The van der Waals surface area contributed by atoms with Gasteiger partial charge in [-0.3, -0.25) is 0 Å². The van der Waals surface area contributed by atoms with E-state index in [9.17, 15) is 10.2 Å². The van der Waals surface area contributed by atoms with Gasteiger partial charge in [-0.1, -0.05) is 28.1 Å². The lowest BCUT2D eigenvalue weighted by Crippen LogP contribution is -2.12. The van der Waals surface area contributed by atoms with Gasteiger partial charge >= 0.3 is 0 Å². The summed E-state index contributed by atoms with van der Waals surface area (Å²) in [5.74, 6) is 0.587. The van der Waals surface area contributed by atoms with Gasteiger partial charge in [0.1, 0.15) is 11.9 Å². The number of halogens is 1. The van der Waals surface area contributed by atoms with Crippen molar-refractivity contribution in [2.45, 2.75) is 12.2 Å². The molecule has 2 N–H and O–H groups in total. The van der Waals surface area contributed by atoms with Gasteiger partial charge in [0.2, 0.25) is 0 Å². The fourth-order valence-corrected chi connectivity index (χ4v) is 2.24. The molecule has 4 heteroatoms. The van der Waals surface area contributed by atoms with Gasteiger partial charge < -0.3 is 14.9 Å². The van der Waals surface area contributed by atoms with Crippen LogP contribution in [0.25, 0.3) is 0 Å². The van der Waals surface area contributed by atoms with E-state index in [-0.39, 0.29) is 0 Å². The van der Waals surface area contributed by atoms with E-state index >= 15 is 0 Å². The van der Waals surface area contributed by atoms with Gasteiger partial charge in [0.15, 0.2) is 0 Å². The van der Waals surface area contributed by atoms with Crippen LogP contribution in [-0.2, 0) is 0 Å². The Bertz CT molecular complexity index is 414. The summed E-state index contributed by atoms with van der Waals surface area (Å²) in [6.45, 7) is 0. The van der Waals surface area contributed by atoms with Gasteiger partial charge in [-0.05, 0) is 17.7 Å². The molecular weight excluding hydrogens is 260 g/mol. The zero-order valence-electron chi connectivity index (χ0n) is 8.14. The summed E-state index contributed by atoms with van der Waals surface area (Å²) in [5.41, 5.74) is 1.31. The molecule has 1 aromatic carbocycles. The Labute approximate surface area is 96.1 Å². The summed E-state index contributed by atoms with van der Waals surface area (Å²) in [7, 11) is 1.54. The first-order valence-electron chi connectivity index (χ1n) is 4.55. The zero-order valence-corrected chi connectivity index (χ0v) is 9.73. The number of rotatable bonds is 1. The van der Waals surface area contributed by atoms with E-state index in [0.29, 0.717) is 21.4 Å². The maximum atomic E-state index is 9.95. The van der Waals surface area contributed by atoms with E-state index in [2.05, 4.69) is 15.9 Å². The lowest BCUT2D eigenvalue weighted by Gasteiger charge is -2.25. The van der Waals surface area contributed by atoms with Crippen molar-refractivity contribution in [2.75, 3.05) is 7.11 Å². The maximum Gasteiger partial charge on any atom is 0.125 e. The smallest absolute Gasteiger partial charge is 0.125 e. The van der Waals surface area contributed by atoms with Crippen molar-refractivity contribution in [3.05, 3.63) is 39.9 Å². The average molecular weight is 271 g/mol. The Morgan fingerprint density at radius 1 is 1.33 bits per heavy atom. The van der Waals surface area contributed by atoms with Gasteiger partial charge in [-0.15, -0.1) is 0 Å². The van der Waals surface area contributed by atoms with Crippen LogP contribution in [0, 0.1) is 0 Å². The number of aliphatic hydroxyl groups excluding tert-OH is 2. The molecule has 0 fully saturated rings. The van der Waals surface area contributed by atoms with Crippen molar-refractivity contribution < 1.29 is 14.9 Å². The highest BCUT2D eigenvalue weighted by Gasteiger charge is 2.27. The summed E-state index contributed by atoms with van der Waals surface area (Å²) in [4.78, 5) is 0. The predicted molar refractivity (Wildman–Crippen MR) is 59.9 cm³/mol. The fourth-order valence-electron chi connectivity index (χ4n) is 1.76. The largest absolute Gasteiger partial charge is 0.496 e. The molecule has 1 aliphatic rings. The third-order valence-corrected chi connectivity index (χ3v) is 3.19. The molecule has 1 aliphatic carbocycles. The van der Waals surface area contributed by atoms with Crippen LogP contribution in [0.2, 0.25) is 0 Å². The lowest BCUT2D eigenvalue weighted by atomic mass is 9.92. The molecule has 0 aromatic heterocycles. The normalized spacial score (nSPS) is 24.4. The fraction of sp³-hybridized carbons (Fsp3) is 0.273. The van der Waals surface area contributed by atoms with E-state index in [1.165, 1.54) is 0 Å². The van der Waals surface area contributed by atoms with Crippen molar-refractivity contribution in [3.8, 4) is 5.75 Å². The SMILES string of the molecule is COc1cccc2c1C(O)C(Br)=CC2O. The highest BCUT2D eigenvalue weighted by Crippen LogP contribution is 2.42. The zero-order chi connectivity index (χ0) is 11.0. The third-order valence-electron chi connectivity index (χ3n) is 2.49. The van der Waals surface area contributed by atoms with E-state index in [1.54, 1.807) is 31.4 Å². The molecule has 1 aromatic rings. The number of ether oxygens (including phenoxy) is 1. The minimum atomic E-state index is -0.764. The second-order valence-electron chi connectivity index (χ2n) is 3.36.